The van der Waals surface area contributed by atoms with Gasteiger partial charge in [0.15, 0.2) is 5.16 Å². The molecule has 0 spiro atoms. The minimum atomic E-state index is -3.11. The number of sulfonamides is 1. The van der Waals surface area contributed by atoms with E-state index in [1.54, 1.807) is 11.8 Å². The molecule has 18 heavy (non-hydrogen) atoms. The van der Waals surface area contributed by atoms with Gasteiger partial charge in [0.25, 0.3) is 0 Å². The van der Waals surface area contributed by atoms with E-state index in [1.165, 1.54) is 10.6 Å². The molecule has 1 atom stereocenters. The van der Waals surface area contributed by atoms with Crippen LogP contribution in [0.2, 0.25) is 0 Å². The van der Waals surface area contributed by atoms with Gasteiger partial charge in [-0.15, -0.1) is 10.2 Å². The molecule has 0 bridgehead atoms. The average Bonchev–Trinajstić information content (AvgIpc) is 2.69. The minimum absolute atomic E-state index is 0.145. The largest absolute Gasteiger partial charge is 0.309 e. The van der Waals surface area contributed by atoms with Gasteiger partial charge in [-0.1, -0.05) is 11.8 Å². The van der Waals surface area contributed by atoms with E-state index in [0.29, 0.717) is 13.1 Å². The van der Waals surface area contributed by atoms with Crippen molar-refractivity contribution in [3.8, 4) is 0 Å². The third kappa shape index (κ3) is 2.70. The summed E-state index contributed by atoms with van der Waals surface area (Å²) in [6.45, 7) is 1.13. The molecule has 1 unspecified atom stereocenters. The van der Waals surface area contributed by atoms with Gasteiger partial charge >= 0.3 is 0 Å². The highest BCUT2D eigenvalue weighted by atomic mass is 32.2. The lowest BCUT2D eigenvalue weighted by Crippen LogP contribution is -2.39. The van der Waals surface area contributed by atoms with E-state index in [2.05, 4.69) is 10.2 Å². The van der Waals surface area contributed by atoms with E-state index in [4.69, 9.17) is 0 Å². The molecule has 6 nitrogen and oxygen atoms in total. The Kier molecular flexibility index (Phi) is 3.98. The fourth-order valence-electron chi connectivity index (χ4n) is 2.31. The summed E-state index contributed by atoms with van der Waals surface area (Å²) in [5, 5.41) is 9.16. The van der Waals surface area contributed by atoms with E-state index in [9.17, 15) is 8.42 Å². The molecular formula is C10H18N4O2S2. The first kappa shape index (κ1) is 13.8. The number of aromatic nitrogens is 3. The summed E-state index contributed by atoms with van der Waals surface area (Å²) in [5.74, 6) is 1.03. The molecule has 8 heteroatoms. The summed E-state index contributed by atoms with van der Waals surface area (Å²) in [7, 11) is -1.18. The van der Waals surface area contributed by atoms with E-state index in [-0.39, 0.29) is 5.92 Å². The fraction of sp³-hybridized carbons (Fsp3) is 0.800. The van der Waals surface area contributed by atoms with Crippen LogP contribution in [0.25, 0.3) is 0 Å². The first-order valence-electron chi connectivity index (χ1n) is 5.82. The van der Waals surface area contributed by atoms with Gasteiger partial charge in [0.05, 0.1) is 6.26 Å². The van der Waals surface area contributed by atoms with Crippen molar-refractivity contribution in [3.05, 3.63) is 5.82 Å². The smallest absolute Gasteiger partial charge is 0.211 e. The van der Waals surface area contributed by atoms with Gasteiger partial charge in [-0.05, 0) is 19.1 Å². The third-order valence-electron chi connectivity index (χ3n) is 3.27. The normalized spacial score (nSPS) is 22.3. The molecule has 0 saturated carbocycles. The second kappa shape index (κ2) is 5.18. The first-order chi connectivity index (χ1) is 8.43. The van der Waals surface area contributed by atoms with Crippen molar-refractivity contribution in [2.75, 3.05) is 25.6 Å². The van der Waals surface area contributed by atoms with E-state index < -0.39 is 10.0 Å². The second-order valence-electron chi connectivity index (χ2n) is 4.56. The molecule has 0 radical (unpaired) electrons. The first-order valence-corrected chi connectivity index (χ1v) is 8.89. The number of hydrogen-bond donors (Lipinski definition) is 0. The number of piperidine rings is 1. The third-order valence-corrected chi connectivity index (χ3v) is 5.26. The zero-order valence-corrected chi connectivity index (χ0v) is 12.5. The molecule has 1 saturated heterocycles. The monoisotopic (exact) mass is 290 g/mol. The summed E-state index contributed by atoms with van der Waals surface area (Å²) in [6.07, 6.45) is 5.06. The summed E-state index contributed by atoms with van der Waals surface area (Å²) in [6, 6.07) is 0. The SMILES string of the molecule is CSc1nnc(C2CCCN(S(C)(=O)=O)C2)n1C. The van der Waals surface area contributed by atoms with Gasteiger partial charge in [-0.3, -0.25) is 0 Å². The van der Waals surface area contributed by atoms with E-state index in [0.717, 1.165) is 23.8 Å². The van der Waals surface area contributed by atoms with E-state index >= 15 is 0 Å². The van der Waals surface area contributed by atoms with Gasteiger partial charge in [0, 0.05) is 26.1 Å². The molecule has 0 amide bonds. The topological polar surface area (TPSA) is 68.1 Å². The van der Waals surface area contributed by atoms with Crippen LogP contribution in [0.3, 0.4) is 0 Å². The molecule has 1 fully saturated rings. The standard InChI is InChI=1S/C10H18N4O2S2/c1-13-9(11-12-10(13)17-2)8-5-4-6-14(7-8)18(3,15)16/h8H,4-7H2,1-3H3. The lowest BCUT2D eigenvalue weighted by Gasteiger charge is -2.30. The van der Waals surface area contributed by atoms with Crippen LogP contribution >= 0.6 is 11.8 Å². The predicted octanol–water partition coefficient (Wildman–Crippen LogP) is 0.676. The van der Waals surface area contributed by atoms with Crippen LogP contribution in [-0.2, 0) is 17.1 Å². The quantitative estimate of drug-likeness (QED) is 0.766. The number of nitrogens with zero attached hydrogens (tertiary/aromatic N) is 4. The van der Waals surface area contributed by atoms with Gasteiger partial charge in [0.2, 0.25) is 10.0 Å². The summed E-state index contributed by atoms with van der Waals surface area (Å²) in [5.41, 5.74) is 0. The Morgan fingerprint density at radius 3 is 2.67 bits per heavy atom. The molecular weight excluding hydrogens is 272 g/mol. The number of hydrogen-bond acceptors (Lipinski definition) is 5. The summed E-state index contributed by atoms with van der Waals surface area (Å²) in [4.78, 5) is 0. The second-order valence-corrected chi connectivity index (χ2v) is 7.32. The highest BCUT2D eigenvalue weighted by Crippen LogP contribution is 2.28. The van der Waals surface area contributed by atoms with Crippen LogP contribution < -0.4 is 0 Å². The fourth-order valence-corrected chi connectivity index (χ4v) is 3.72. The van der Waals surface area contributed by atoms with Crippen molar-refractivity contribution < 1.29 is 8.42 Å². The zero-order valence-electron chi connectivity index (χ0n) is 10.8. The summed E-state index contributed by atoms with van der Waals surface area (Å²) < 4.78 is 26.7. The number of rotatable bonds is 3. The van der Waals surface area contributed by atoms with Crippen molar-refractivity contribution >= 4 is 21.8 Å². The van der Waals surface area contributed by atoms with Crippen molar-refractivity contribution in [1.29, 1.82) is 0 Å². The van der Waals surface area contributed by atoms with Crippen LogP contribution in [-0.4, -0.2) is 53.1 Å². The highest BCUT2D eigenvalue weighted by molar-refractivity contribution is 7.98. The Hall–Kier alpha value is -0.600. The van der Waals surface area contributed by atoms with Gasteiger partial charge in [0.1, 0.15) is 5.82 Å². The maximum absolute atomic E-state index is 11.6. The predicted molar refractivity (Wildman–Crippen MR) is 71.2 cm³/mol. The average molecular weight is 290 g/mol. The lowest BCUT2D eigenvalue weighted by atomic mass is 9.99. The maximum atomic E-state index is 11.6. The zero-order chi connectivity index (χ0) is 13.3. The van der Waals surface area contributed by atoms with Crippen LogP contribution in [0.4, 0.5) is 0 Å². The van der Waals surface area contributed by atoms with E-state index in [1.807, 2.05) is 17.9 Å². The van der Waals surface area contributed by atoms with Gasteiger partial charge < -0.3 is 4.57 Å². The number of thioether (sulfide) groups is 1. The van der Waals surface area contributed by atoms with Crippen molar-refractivity contribution in [3.63, 3.8) is 0 Å². The molecule has 1 aliphatic heterocycles. The van der Waals surface area contributed by atoms with Crippen molar-refractivity contribution in [1.82, 2.24) is 19.1 Å². The van der Waals surface area contributed by atoms with Crippen LogP contribution in [0.1, 0.15) is 24.6 Å². The Bertz CT molecular complexity index is 526. The Morgan fingerprint density at radius 2 is 2.11 bits per heavy atom. The van der Waals surface area contributed by atoms with Crippen molar-refractivity contribution in [2.24, 2.45) is 7.05 Å². The van der Waals surface area contributed by atoms with Gasteiger partial charge in [-0.2, -0.15) is 0 Å². The minimum Gasteiger partial charge on any atom is -0.309 e. The van der Waals surface area contributed by atoms with Gasteiger partial charge in [-0.25, -0.2) is 12.7 Å². The molecule has 102 valence electrons. The molecule has 1 aliphatic rings. The molecule has 0 aliphatic carbocycles. The van der Waals surface area contributed by atoms with Crippen molar-refractivity contribution in [2.45, 2.75) is 23.9 Å². The molecule has 1 aromatic rings. The highest BCUT2D eigenvalue weighted by Gasteiger charge is 2.29. The molecule has 2 rings (SSSR count). The van der Waals surface area contributed by atoms with Crippen LogP contribution in [0, 0.1) is 0 Å². The molecule has 1 aromatic heterocycles. The maximum Gasteiger partial charge on any atom is 0.211 e. The molecule has 0 aromatic carbocycles. The molecule has 0 N–H and O–H groups in total. The lowest BCUT2D eigenvalue weighted by molar-refractivity contribution is 0.307. The Morgan fingerprint density at radius 1 is 1.39 bits per heavy atom. The molecule has 2 heterocycles. The Labute approximate surface area is 112 Å². The Balaban J connectivity index is 2.21. The summed E-state index contributed by atoms with van der Waals surface area (Å²) >= 11 is 1.54. The van der Waals surface area contributed by atoms with Crippen LogP contribution in [0.5, 0.6) is 0 Å². The van der Waals surface area contributed by atoms with Crippen LogP contribution in [0.15, 0.2) is 5.16 Å².